The maximum atomic E-state index is 4.72. The van der Waals surface area contributed by atoms with Gasteiger partial charge < -0.3 is 5.32 Å². The van der Waals surface area contributed by atoms with Crippen molar-refractivity contribution >= 4 is 33.8 Å². The number of nitrogens with one attached hydrogen (secondary N) is 1. The molecule has 0 aliphatic rings. The number of hydrogen-bond donors (Lipinski definition) is 1. The van der Waals surface area contributed by atoms with Crippen LogP contribution in [0.25, 0.3) is 0 Å². The third-order valence-corrected chi connectivity index (χ3v) is 3.68. The van der Waals surface area contributed by atoms with E-state index in [1.807, 2.05) is 30.5 Å². The molecule has 0 spiro atoms. The van der Waals surface area contributed by atoms with Crippen LogP contribution in [-0.4, -0.2) is 22.7 Å². The number of hydrogen-bond acceptors (Lipinski definition) is 5. The molecule has 0 radical (unpaired) electrons. The quantitative estimate of drug-likeness (QED) is 0.652. The minimum absolute atomic E-state index is 0.0871. The van der Waals surface area contributed by atoms with Crippen molar-refractivity contribution in [2.24, 2.45) is 4.99 Å². The Hall–Kier alpha value is -1.55. The standard InChI is InChI=1S/C14H15N3S2/c1-11-9-19-14(17-11)15-8-13(16-10-18)7-12-5-3-2-4-6-12/h2-6,9,13H,7-8H2,1H3,(H,15,17). The number of benzene rings is 1. The van der Waals surface area contributed by atoms with Crippen LogP contribution in [0.2, 0.25) is 0 Å². The molecule has 1 heterocycles. The molecule has 0 amide bonds. The summed E-state index contributed by atoms with van der Waals surface area (Å²) in [6.45, 7) is 2.70. The van der Waals surface area contributed by atoms with Gasteiger partial charge >= 0.3 is 0 Å². The van der Waals surface area contributed by atoms with Crippen LogP contribution < -0.4 is 5.32 Å². The monoisotopic (exact) mass is 289 g/mol. The fraction of sp³-hybridized carbons (Fsp3) is 0.286. The van der Waals surface area contributed by atoms with Gasteiger partial charge in [-0.2, -0.15) is 0 Å². The first kappa shape index (κ1) is 13.9. The second-order valence-corrected chi connectivity index (χ2v) is 5.28. The van der Waals surface area contributed by atoms with Crippen molar-refractivity contribution in [3.05, 3.63) is 47.0 Å². The molecule has 0 bridgehead atoms. The maximum absolute atomic E-state index is 4.72. The number of aryl methyl sites for hydroxylation is 1. The molecule has 0 fully saturated rings. The average Bonchev–Trinajstić information content (AvgIpc) is 2.83. The maximum Gasteiger partial charge on any atom is 0.182 e. The first-order chi connectivity index (χ1) is 9.28. The number of thiazole rings is 1. The Morgan fingerprint density at radius 3 is 2.84 bits per heavy atom. The van der Waals surface area contributed by atoms with Crippen molar-refractivity contribution < 1.29 is 0 Å². The second-order valence-electron chi connectivity index (χ2n) is 4.24. The molecule has 0 aliphatic heterocycles. The first-order valence-corrected chi connectivity index (χ1v) is 7.33. The zero-order valence-electron chi connectivity index (χ0n) is 10.7. The predicted molar refractivity (Wildman–Crippen MR) is 84.3 cm³/mol. The van der Waals surface area contributed by atoms with Gasteiger partial charge in [-0.3, -0.25) is 0 Å². The predicted octanol–water partition coefficient (Wildman–Crippen LogP) is 3.58. The third kappa shape index (κ3) is 4.56. The van der Waals surface area contributed by atoms with E-state index >= 15 is 0 Å². The normalized spacial score (nSPS) is 11.6. The molecule has 0 aliphatic carbocycles. The van der Waals surface area contributed by atoms with Crippen molar-refractivity contribution in [1.29, 1.82) is 0 Å². The molecule has 0 saturated carbocycles. The van der Waals surface area contributed by atoms with Gasteiger partial charge in [0, 0.05) is 11.9 Å². The smallest absolute Gasteiger partial charge is 0.182 e. The van der Waals surface area contributed by atoms with Crippen LogP contribution in [-0.2, 0) is 6.42 Å². The Kier molecular flexibility index (Phi) is 5.21. The van der Waals surface area contributed by atoms with Crippen LogP contribution in [0.15, 0.2) is 40.7 Å². The van der Waals surface area contributed by atoms with Crippen molar-refractivity contribution in [1.82, 2.24) is 4.98 Å². The lowest BCUT2D eigenvalue weighted by Crippen LogP contribution is -2.20. The number of thiocarbonyl (C=S) groups is 1. The van der Waals surface area contributed by atoms with Crippen LogP contribution in [0.3, 0.4) is 0 Å². The average molecular weight is 289 g/mol. The van der Waals surface area contributed by atoms with Crippen molar-refractivity contribution in [3.63, 3.8) is 0 Å². The highest BCUT2D eigenvalue weighted by Crippen LogP contribution is 2.15. The molecule has 1 unspecified atom stereocenters. The van der Waals surface area contributed by atoms with Gasteiger partial charge in [-0.1, -0.05) is 30.3 Å². The Morgan fingerprint density at radius 2 is 2.21 bits per heavy atom. The highest BCUT2D eigenvalue weighted by atomic mass is 32.1. The second kappa shape index (κ2) is 7.14. The van der Waals surface area contributed by atoms with Gasteiger partial charge in [0.15, 0.2) is 5.13 Å². The summed E-state index contributed by atoms with van der Waals surface area (Å²) < 4.78 is 0. The van der Waals surface area contributed by atoms with E-state index in [1.165, 1.54) is 5.56 Å². The summed E-state index contributed by atoms with van der Waals surface area (Å²) in [5.74, 6) is 0. The van der Waals surface area contributed by atoms with Gasteiger partial charge in [0.1, 0.15) is 0 Å². The fourth-order valence-electron chi connectivity index (χ4n) is 1.76. The van der Waals surface area contributed by atoms with Crippen molar-refractivity contribution in [3.8, 4) is 0 Å². The molecule has 19 heavy (non-hydrogen) atoms. The van der Waals surface area contributed by atoms with E-state index in [0.29, 0.717) is 6.54 Å². The molecular formula is C14H15N3S2. The number of aromatic nitrogens is 1. The van der Waals surface area contributed by atoms with E-state index in [0.717, 1.165) is 17.2 Å². The molecule has 5 heteroatoms. The van der Waals surface area contributed by atoms with E-state index in [4.69, 9.17) is 12.2 Å². The Morgan fingerprint density at radius 1 is 1.42 bits per heavy atom. The molecule has 1 aromatic heterocycles. The van der Waals surface area contributed by atoms with E-state index in [2.05, 4.69) is 32.6 Å². The van der Waals surface area contributed by atoms with E-state index in [1.54, 1.807) is 11.3 Å². The number of aliphatic imine (C=N–C) groups is 1. The van der Waals surface area contributed by atoms with Gasteiger partial charge in [-0.05, 0) is 31.1 Å². The summed E-state index contributed by atoms with van der Waals surface area (Å²) in [6, 6.07) is 10.4. The topological polar surface area (TPSA) is 37.3 Å². The summed E-state index contributed by atoms with van der Waals surface area (Å²) in [4.78, 5) is 8.59. The lowest BCUT2D eigenvalue weighted by Gasteiger charge is -2.11. The van der Waals surface area contributed by atoms with E-state index in [-0.39, 0.29) is 6.04 Å². The molecule has 2 rings (SSSR count). The molecule has 3 nitrogen and oxygen atoms in total. The highest BCUT2D eigenvalue weighted by Gasteiger charge is 2.08. The summed E-state index contributed by atoms with van der Waals surface area (Å²) in [6.07, 6.45) is 0.849. The molecule has 98 valence electrons. The summed E-state index contributed by atoms with van der Waals surface area (Å²) in [5.41, 5.74) is 2.28. The highest BCUT2D eigenvalue weighted by molar-refractivity contribution is 7.78. The zero-order valence-corrected chi connectivity index (χ0v) is 12.3. The van der Waals surface area contributed by atoms with E-state index in [9.17, 15) is 0 Å². The number of anilines is 1. The Labute approximate surface area is 122 Å². The number of nitrogens with zero attached hydrogens (tertiary/aromatic N) is 2. The number of isothiocyanates is 1. The van der Waals surface area contributed by atoms with Crippen molar-refractivity contribution in [2.75, 3.05) is 11.9 Å². The summed E-state index contributed by atoms with van der Waals surface area (Å²) in [5, 5.41) is 8.73. The summed E-state index contributed by atoms with van der Waals surface area (Å²) in [7, 11) is 0. The first-order valence-electron chi connectivity index (χ1n) is 6.05. The molecule has 1 atom stereocenters. The van der Waals surface area contributed by atoms with Gasteiger partial charge in [0.05, 0.1) is 16.9 Å². The molecular weight excluding hydrogens is 274 g/mol. The van der Waals surface area contributed by atoms with E-state index < -0.39 is 0 Å². The summed E-state index contributed by atoms with van der Waals surface area (Å²) >= 11 is 6.33. The van der Waals surface area contributed by atoms with Crippen molar-refractivity contribution in [2.45, 2.75) is 19.4 Å². The molecule has 1 N–H and O–H groups in total. The fourth-order valence-corrected chi connectivity index (χ4v) is 2.61. The third-order valence-electron chi connectivity index (χ3n) is 2.66. The van der Waals surface area contributed by atoms with Crippen LogP contribution in [0, 0.1) is 6.92 Å². The minimum Gasteiger partial charge on any atom is -0.359 e. The molecule has 2 aromatic rings. The van der Waals surface area contributed by atoms with Crippen LogP contribution in [0.1, 0.15) is 11.3 Å². The minimum atomic E-state index is 0.0871. The Balaban J connectivity index is 1.94. The van der Waals surface area contributed by atoms with Crippen LogP contribution in [0.5, 0.6) is 0 Å². The molecule has 1 aromatic carbocycles. The van der Waals surface area contributed by atoms with Gasteiger partial charge in [0.2, 0.25) is 0 Å². The van der Waals surface area contributed by atoms with Crippen LogP contribution >= 0.6 is 23.6 Å². The van der Waals surface area contributed by atoms with Crippen LogP contribution in [0.4, 0.5) is 5.13 Å². The SMILES string of the molecule is Cc1csc(NCC(Cc2ccccc2)N=C=S)n1. The largest absolute Gasteiger partial charge is 0.359 e. The van der Waals surface area contributed by atoms with Gasteiger partial charge in [-0.25, -0.2) is 9.98 Å². The lowest BCUT2D eigenvalue weighted by molar-refractivity contribution is 0.706. The van der Waals surface area contributed by atoms with Gasteiger partial charge in [-0.15, -0.1) is 11.3 Å². The zero-order chi connectivity index (χ0) is 13.5. The molecule has 0 saturated heterocycles. The van der Waals surface area contributed by atoms with Gasteiger partial charge in [0.25, 0.3) is 0 Å². The lowest BCUT2D eigenvalue weighted by atomic mass is 10.1. The number of rotatable bonds is 6. The Bertz CT molecular complexity index is 559.